The van der Waals surface area contributed by atoms with Gasteiger partial charge in [0.1, 0.15) is 5.75 Å². The zero-order valence-electron chi connectivity index (χ0n) is 10.6. The number of benzene rings is 1. The van der Waals surface area contributed by atoms with Gasteiger partial charge in [-0.15, -0.1) is 0 Å². The Hall–Kier alpha value is -2.06. The van der Waals surface area contributed by atoms with Crippen LogP contribution in [0.1, 0.15) is 31.2 Å². The number of hydrogen-bond donors (Lipinski definition) is 1. The van der Waals surface area contributed by atoms with E-state index in [1.165, 1.54) is 0 Å². The van der Waals surface area contributed by atoms with Crippen molar-refractivity contribution >= 4 is 5.91 Å². The molecule has 1 saturated carbocycles. The van der Waals surface area contributed by atoms with Crippen molar-refractivity contribution in [2.45, 2.75) is 31.8 Å². The first-order valence-corrected chi connectivity index (χ1v) is 6.35. The molecule has 5 heteroatoms. The number of nitrogens with one attached hydrogen (secondary N) is 1. The van der Waals surface area contributed by atoms with Crippen LogP contribution in [0.5, 0.6) is 5.75 Å². The lowest BCUT2D eigenvalue weighted by atomic mass is 10.2. The molecular formula is C14H16N2O3. The Balaban J connectivity index is 1.69. The minimum Gasteiger partial charge on any atom is -0.484 e. The first-order valence-electron chi connectivity index (χ1n) is 6.35. The Labute approximate surface area is 112 Å². The van der Waals surface area contributed by atoms with Crippen molar-refractivity contribution in [3.8, 4) is 11.8 Å². The summed E-state index contributed by atoms with van der Waals surface area (Å²) >= 11 is 0. The lowest BCUT2D eigenvalue weighted by Gasteiger charge is -2.11. The maximum absolute atomic E-state index is 11.5. The van der Waals surface area contributed by atoms with Crippen LogP contribution in [0.15, 0.2) is 24.3 Å². The summed E-state index contributed by atoms with van der Waals surface area (Å²) < 4.78 is 5.28. The summed E-state index contributed by atoms with van der Waals surface area (Å²) in [7, 11) is 0. The summed E-state index contributed by atoms with van der Waals surface area (Å²) in [6.07, 6.45) is 4.44. The van der Waals surface area contributed by atoms with Crippen molar-refractivity contribution in [3.05, 3.63) is 29.8 Å². The van der Waals surface area contributed by atoms with Crippen molar-refractivity contribution in [3.63, 3.8) is 0 Å². The van der Waals surface area contributed by atoms with E-state index in [0.717, 1.165) is 25.7 Å². The molecule has 0 radical (unpaired) electrons. The highest BCUT2D eigenvalue weighted by atomic mass is 16.7. The second-order valence-corrected chi connectivity index (χ2v) is 4.47. The van der Waals surface area contributed by atoms with E-state index in [0.29, 0.717) is 11.3 Å². The molecule has 0 aliphatic heterocycles. The third-order valence-electron chi connectivity index (χ3n) is 2.99. The van der Waals surface area contributed by atoms with Crippen molar-refractivity contribution in [2.24, 2.45) is 0 Å². The zero-order chi connectivity index (χ0) is 13.5. The summed E-state index contributed by atoms with van der Waals surface area (Å²) in [6.45, 7) is -0.0986. The maximum atomic E-state index is 11.5. The molecule has 1 fully saturated rings. The van der Waals surface area contributed by atoms with Crippen LogP contribution < -0.4 is 10.2 Å². The Kier molecular flexibility index (Phi) is 4.76. The monoisotopic (exact) mass is 260 g/mol. The van der Waals surface area contributed by atoms with E-state index in [2.05, 4.69) is 5.48 Å². The van der Waals surface area contributed by atoms with Gasteiger partial charge in [0.25, 0.3) is 5.91 Å². The highest BCUT2D eigenvalue weighted by Gasteiger charge is 2.16. The lowest BCUT2D eigenvalue weighted by Crippen LogP contribution is -2.32. The number of rotatable bonds is 5. The van der Waals surface area contributed by atoms with E-state index in [-0.39, 0.29) is 18.6 Å². The first-order chi connectivity index (χ1) is 9.28. The Morgan fingerprint density at radius 3 is 2.63 bits per heavy atom. The molecule has 5 nitrogen and oxygen atoms in total. The van der Waals surface area contributed by atoms with Crippen LogP contribution in [-0.2, 0) is 9.63 Å². The van der Waals surface area contributed by atoms with E-state index in [1.807, 2.05) is 6.07 Å². The fraction of sp³-hybridized carbons (Fsp3) is 0.429. The van der Waals surface area contributed by atoms with Crippen LogP contribution in [0.4, 0.5) is 0 Å². The molecule has 0 spiro atoms. The van der Waals surface area contributed by atoms with Crippen LogP contribution in [-0.4, -0.2) is 18.6 Å². The van der Waals surface area contributed by atoms with Crippen LogP contribution in [0.3, 0.4) is 0 Å². The topological polar surface area (TPSA) is 71.3 Å². The van der Waals surface area contributed by atoms with Gasteiger partial charge >= 0.3 is 0 Å². The predicted molar refractivity (Wildman–Crippen MR) is 68.1 cm³/mol. The third kappa shape index (κ3) is 4.27. The highest BCUT2D eigenvalue weighted by molar-refractivity contribution is 5.76. The summed E-state index contributed by atoms with van der Waals surface area (Å²) in [5.74, 6) is 0.242. The summed E-state index contributed by atoms with van der Waals surface area (Å²) in [5, 5.41) is 8.65. The summed E-state index contributed by atoms with van der Waals surface area (Å²) in [5.41, 5.74) is 2.96. The fourth-order valence-corrected chi connectivity index (χ4v) is 1.96. The molecule has 0 atom stereocenters. The molecule has 0 bridgehead atoms. The summed E-state index contributed by atoms with van der Waals surface area (Å²) in [4.78, 5) is 16.7. The van der Waals surface area contributed by atoms with E-state index in [9.17, 15) is 4.79 Å². The van der Waals surface area contributed by atoms with Crippen LogP contribution in [0.25, 0.3) is 0 Å². The maximum Gasteiger partial charge on any atom is 0.281 e. The molecule has 0 saturated heterocycles. The molecule has 100 valence electrons. The largest absolute Gasteiger partial charge is 0.484 e. The molecule has 1 aliphatic rings. The molecule has 19 heavy (non-hydrogen) atoms. The van der Waals surface area contributed by atoms with Gasteiger partial charge in [-0.2, -0.15) is 5.26 Å². The smallest absolute Gasteiger partial charge is 0.281 e. The number of hydrogen-bond acceptors (Lipinski definition) is 4. The third-order valence-corrected chi connectivity index (χ3v) is 2.99. The average Bonchev–Trinajstić information content (AvgIpc) is 2.96. The van der Waals surface area contributed by atoms with Crippen LogP contribution in [0.2, 0.25) is 0 Å². The number of nitriles is 1. The van der Waals surface area contributed by atoms with Crippen molar-refractivity contribution in [1.29, 1.82) is 5.26 Å². The molecule has 1 aromatic rings. The molecule has 1 N–H and O–H groups in total. The van der Waals surface area contributed by atoms with Crippen molar-refractivity contribution < 1.29 is 14.4 Å². The average molecular weight is 260 g/mol. The normalized spacial score (nSPS) is 14.9. The Morgan fingerprint density at radius 1 is 1.32 bits per heavy atom. The van der Waals surface area contributed by atoms with E-state index in [1.54, 1.807) is 24.3 Å². The van der Waals surface area contributed by atoms with Gasteiger partial charge in [0.15, 0.2) is 6.61 Å². The van der Waals surface area contributed by atoms with E-state index >= 15 is 0 Å². The zero-order valence-corrected chi connectivity index (χ0v) is 10.6. The minimum absolute atomic E-state index is 0.0986. The number of ether oxygens (including phenoxy) is 1. The van der Waals surface area contributed by atoms with Gasteiger partial charge in [-0.05, 0) is 37.1 Å². The van der Waals surface area contributed by atoms with E-state index in [4.69, 9.17) is 14.8 Å². The van der Waals surface area contributed by atoms with Gasteiger partial charge in [0.2, 0.25) is 0 Å². The molecule has 1 aliphatic carbocycles. The van der Waals surface area contributed by atoms with Crippen LogP contribution >= 0.6 is 0 Å². The Morgan fingerprint density at radius 2 is 2.00 bits per heavy atom. The summed E-state index contributed by atoms with van der Waals surface area (Å²) in [6, 6.07) is 8.61. The molecule has 0 heterocycles. The standard InChI is InChI=1S/C14H16N2O3/c15-9-11-5-7-12(8-6-11)18-10-14(17)16-19-13-3-1-2-4-13/h5-8,13H,1-4,10H2,(H,16,17). The molecule has 0 unspecified atom stereocenters. The Bertz CT molecular complexity index is 459. The molecular weight excluding hydrogens is 244 g/mol. The highest BCUT2D eigenvalue weighted by Crippen LogP contribution is 2.19. The SMILES string of the molecule is N#Cc1ccc(OCC(=O)NOC2CCCC2)cc1. The van der Waals surface area contributed by atoms with Gasteiger partial charge in [-0.1, -0.05) is 12.8 Å². The molecule has 1 aromatic carbocycles. The van der Waals surface area contributed by atoms with Gasteiger partial charge < -0.3 is 4.74 Å². The van der Waals surface area contributed by atoms with Gasteiger partial charge in [-0.3, -0.25) is 9.63 Å². The number of carbonyl (C=O) groups excluding carboxylic acids is 1. The number of amides is 1. The van der Waals surface area contributed by atoms with Crippen molar-refractivity contribution in [1.82, 2.24) is 5.48 Å². The fourth-order valence-electron chi connectivity index (χ4n) is 1.96. The number of carbonyl (C=O) groups is 1. The molecule has 0 aromatic heterocycles. The number of nitrogens with zero attached hydrogens (tertiary/aromatic N) is 1. The molecule has 1 amide bonds. The van der Waals surface area contributed by atoms with Gasteiger partial charge in [-0.25, -0.2) is 5.48 Å². The predicted octanol–water partition coefficient (Wildman–Crippen LogP) is 1.93. The van der Waals surface area contributed by atoms with Crippen molar-refractivity contribution in [2.75, 3.05) is 6.61 Å². The van der Waals surface area contributed by atoms with Crippen LogP contribution in [0, 0.1) is 11.3 Å². The minimum atomic E-state index is -0.309. The molecule has 2 rings (SSSR count). The lowest BCUT2D eigenvalue weighted by molar-refractivity contribution is -0.140. The first kappa shape index (κ1) is 13.4. The van der Waals surface area contributed by atoms with Gasteiger partial charge in [0.05, 0.1) is 17.7 Å². The quantitative estimate of drug-likeness (QED) is 0.821. The number of hydroxylamine groups is 1. The second-order valence-electron chi connectivity index (χ2n) is 4.47. The second kappa shape index (κ2) is 6.76. The van der Waals surface area contributed by atoms with E-state index < -0.39 is 0 Å². The van der Waals surface area contributed by atoms with Gasteiger partial charge in [0, 0.05) is 0 Å².